The van der Waals surface area contributed by atoms with Crippen LogP contribution >= 0.6 is 0 Å². The van der Waals surface area contributed by atoms with Crippen molar-refractivity contribution in [1.82, 2.24) is 19.6 Å². The minimum Gasteiger partial charge on any atom is -0.494 e. The molecule has 5 rings (SSSR count). The van der Waals surface area contributed by atoms with E-state index in [0.717, 1.165) is 0 Å². The van der Waals surface area contributed by atoms with Crippen LogP contribution in [0.5, 0.6) is 5.75 Å². The van der Waals surface area contributed by atoms with Gasteiger partial charge in [-0.1, -0.05) is 36.4 Å². The number of hydrogen-bond donors (Lipinski definition) is 2. The second-order valence-corrected chi connectivity index (χ2v) is 7.53. The van der Waals surface area contributed by atoms with Crippen molar-refractivity contribution in [3.8, 4) is 28.3 Å². The molecule has 0 saturated heterocycles. The van der Waals surface area contributed by atoms with Gasteiger partial charge in [-0.3, -0.25) is 9.59 Å². The molecule has 0 unspecified atom stereocenters. The largest absolute Gasteiger partial charge is 0.494 e. The highest BCUT2D eigenvalue weighted by Gasteiger charge is 2.40. The summed E-state index contributed by atoms with van der Waals surface area (Å²) in [5.74, 6) is -1.27. The lowest BCUT2D eigenvalue weighted by molar-refractivity contribution is -0.141. The van der Waals surface area contributed by atoms with Gasteiger partial charge in [0.15, 0.2) is 16.8 Å². The first-order chi connectivity index (χ1) is 16.7. The molecule has 0 radical (unpaired) electrons. The number of halogens is 3. The van der Waals surface area contributed by atoms with Gasteiger partial charge in [-0.25, -0.2) is 4.98 Å². The third-order valence-corrected chi connectivity index (χ3v) is 5.34. The number of benzene rings is 2. The number of carboxylic acids is 1. The molecule has 0 aliphatic carbocycles. The zero-order chi connectivity index (χ0) is 24.9. The summed E-state index contributed by atoms with van der Waals surface area (Å²) < 4.78 is 53.2. The Labute approximate surface area is 193 Å². The van der Waals surface area contributed by atoms with Crippen LogP contribution in [0.15, 0.2) is 57.7 Å². The highest BCUT2D eigenvalue weighted by atomic mass is 19.4. The lowest BCUT2D eigenvalue weighted by Crippen LogP contribution is -2.22. The number of para-hydroxylation sites is 1. The number of oxazole rings is 1. The van der Waals surface area contributed by atoms with Gasteiger partial charge in [0.2, 0.25) is 5.89 Å². The topological polar surface area (TPSA) is 123 Å². The summed E-state index contributed by atoms with van der Waals surface area (Å²) in [5, 5.41) is 13.0. The lowest BCUT2D eigenvalue weighted by Gasteiger charge is -2.08. The fourth-order valence-electron chi connectivity index (χ4n) is 3.90. The van der Waals surface area contributed by atoms with Crippen LogP contribution in [0.1, 0.15) is 11.4 Å². The van der Waals surface area contributed by atoms with Gasteiger partial charge in [-0.05, 0) is 17.7 Å². The average molecular weight is 484 g/mol. The van der Waals surface area contributed by atoms with E-state index in [1.165, 1.54) is 31.4 Å². The van der Waals surface area contributed by atoms with Crippen LogP contribution in [0.2, 0.25) is 0 Å². The highest BCUT2D eigenvalue weighted by Crippen LogP contribution is 2.39. The maximum Gasteiger partial charge on any atom is 0.435 e. The van der Waals surface area contributed by atoms with E-state index < -0.39 is 29.8 Å². The summed E-state index contributed by atoms with van der Waals surface area (Å²) in [7, 11) is 1.41. The second-order valence-electron chi connectivity index (χ2n) is 7.53. The smallest absolute Gasteiger partial charge is 0.435 e. The molecule has 178 valence electrons. The zero-order valence-corrected chi connectivity index (χ0v) is 17.9. The normalized spacial score (nSPS) is 11.9. The minimum atomic E-state index is -4.89. The predicted octanol–water partition coefficient (Wildman–Crippen LogP) is 4.15. The molecule has 12 heteroatoms. The maximum absolute atomic E-state index is 13.9. The summed E-state index contributed by atoms with van der Waals surface area (Å²) in [6.07, 6.45) is -5.60. The molecule has 0 spiro atoms. The Balaban J connectivity index is 1.88. The van der Waals surface area contributed by atoms with E-state index in [1.807, 2.05) is 0 Å². The van der Waals surface area contributed by atoms with Gasteiger partial charge in [0, 0.05) is 5.69 Å². The van der Waals surface area contributed by atoms with E-state index in [0.29, 0.717) is 10.3 Å². The Bertz CT molecular complexity index is 1650. The van der Waals surface area contributed by atoms with Crippen molar-refractivity contribution in [2.24, 2.45) is 0 Å². The molecule has 0 saturated carbocycles. The van der Waals surface area contributed by atoms with Crippen molar-refractivity contribution in [3.63, 3.8) is 0 Å². The average Bonchev–Trinajstić information content (AvgIpc) is 3.41. The molecule has 0 amide bonds. The van der Waals surface area contributed by atoms with Crippen LogP contribution in [0, 0.1) is 0 Å². The monoisotopic (exact) mass is 484 g/mol. The number of H-pyrrole nitrogens is 1. The number of aromatic amines is 1. The molecule has 3 heterocycles. The van der Waals surface area contributed by atoms with Gasteiger partial charge < -0.3 is 19.2 Å². The number of hydrogen-bond acceptors (Lipinski definition) is 6. The molecule has 0 fully saturated rings. The standard InChI is InChI=1S/C23H15F3N4O5/c1-34-13-8-5-9-14-18(13)28-21(35-14)17-12(10-15(31)32)27-20-16(11-6-3-2-4-7-11)19(23(24,25)26)29-30(20)22(17)33/h2-9,27H,10H2,1H3,(H,31,32). The number of nitrogens with zero attached hydrogens (tertiary/aromatic N) is 3. The molecule has 0 atom stereocenters. The van der Waals surface area contributed by atoms with E-state index in [1.54, 1.807) is 24.3 Å². The van der Waals surface area contributed by atoms with Gasteiger partial charge >= 0.3 is 12.1 Å². The molecule has 35 heavy (non-hydrogen) atoms. The first kappa shape index (κ1) is 22.2. The molecular formula is C23H15F3N4O5. The molecule has 9 nitrogen and oxygen atoms in total. The van der Waals surface area contributed by atoms with Crippen molar-refractivity contribution in [2.75, 3.05) is 7.11 Å². The van der Waals surface area contributed by atoms with Crippen molar-refractivity contribution in [1.29, 1.82) is 0 Å². The molecule has 2 aromatic carbocycles. The minimum absolute atomic E-state index is 0.145. The van der Waals surface area contributed by atoms with E-state index in [9.17, 15) is 27.9 Å². The molecule has 0 aliphatic rings. The molecular weight excluding hydrogens is 469 g/mol. The predicted molar refractivity (Wildman–Crippen MR) is 117 cm³/mol. The Morgan fingerprint density at radius 2 is 1.89 bits per heavy atom. The molecule has 0 aliphatic heterocycles. The Morgan fingerprint density at radius 1 is 1.14 bits per heavy atom. The second kappa shape index (κ2) is 8.01. The fourth-order valence-corrected chi connectivity index (χ4v) is 3.90. The third-order valence-electron chi connectivity index (χ3n) is 5.34. The van der Waals surface area contributed by atoms with Crippen LogP contribution in [0.3, 0.4) is 0 Å². The summed E-state index contributed by atoms with van der Waals surface area (Å²) >= 11 is 0. The number of nitrogens with one attached hydrogen (secondary N) is 1. The summed E-state index contributed by atoms with van der Waals surface area (Å²) in [6, 6.07) is 12.4. The van der Waals surface area contributed by atoms with Crippen LogP contribution in [0.25, 0.3) is 39.3 Å². The molecule has 3 aromatic heterocycles. The van der Waals surface area contributed by atoms with E-state index in [-0.39, 0.29) is 45.0 Å². The van der Waals surface area contributed by atoms with Crippen LogP contribution in [-0.2, 0) is 17.4 Å². The number of methoxy groups -OCH3 is 1. The number of rotatable bonds is 5. The van der Waals surface area contributed by atoms with Gasteiger partial charge in [0.25, 0.3) is 5.56 Å². The Morgan fingerprint density at radius 3 is 2.54 bits per heavy atom. The number of ether oxygens (including phenoxy) is 1. The number of aromatic nitrogens is 4. The van der Waals surface area contributed by atoms with E-state index in [2.05, 4.69) is 15.1 Å². The Kier molecular flexibility index (Phi) is 5.08. The van der Waals surface area contributed by atoms with Crippen LogP contribution in [0.4, 0.5) is 13.2 Å². The maximum atomic E-state index is 13.9. The van der Waals surface area contributed by atoms with E-state index in [4.69, 9.17) is 9.15 Å². The van der Waals surface area contributed by atoms with Gasteiger partial charge in [-0.15, -0.1) is 0 Å². The Hall–Kier alpha value is -4.61. The summed E-state index contributed by atoms with van der Waals surface area (Å²) in [4.78, 5) is 32.0. The third kappa shape index (κ3) is 3.68. The van der Waals surface area contributed by atoms with Crippen molar-refractivity contribution < 1.29 is 32.2 Å². The molecule has 2 N–H and O–H groups in total. The molecule has 5 aromatic rings. The first-order valence-corrected chi connectivity index (χ1v) is 10.1. The van der Waals surface area contributed by atoms with E-state index >= 15 is 0 Å². The lowest BCUT2D eigenvalue weighted by atomic mass is 10.1. The van der Waals surface area contributed by atoms with Crippen molar-refractivity contribution in [2.45, 2.75) is 12.6 Å². The number of carboxylic acid groups (broad SMARTS) is 1. The quantitative estimate of drug-likeness (QED) is 0.384. The highest BCUT2D eigenvalue weighted by molar-refractivity contribution is 5.85. The summed E-state index contributed by atoms with van der Waals surface area (Å²) in [5.41, 5.74) is -2.90. The van der Waals surface area contributed by atoms with Gasteiger partial charge in [0.05, 0.1) is 19.1 Å². The van der Waals surface area contributed by atoms with Crippen LogP contribution < -0.4 is 10.3 Å². The fraction of sp³-hybridized carbons (Fsp3) is 0.130. The number of aliphatic carboxylic acids is 1. The number of alkyl halides is 3. The molecule has 0 bridgehead atoms. The SMILES string of the molecule is COc1cccc2oc(-c3c(CC(=O)O)[nH]c4c(-c5ccccc5)c(C(F)(F)F)nn4c3=O)nc12. The van der Waals surface area contributed by atoms with Gasteiger partial charge in [-0.2, -0.15) is 22.8 Å². The summed E-state index contributed by atoms with van der Waals surface area (Å²) in [6.45, 7) is 0. The number of carbonyl (C=O) groups is 1. The zero-order valence-electron chi connectivity index (χ0n) is 17.9. The van der Waals surface area contributed by atoms with Gasteiger partial charge in [0.1, 0.15) is 17.0 Å². The first-order valence-electron chi connectivity index (χ1n) is 10.1. The number of fused-ring (bicyclic) bond motifs is 2. The van der Waals surface area contributed by atoms with Crippen molar-refractivity contribution in [3.05, 3.63) is 70.3 Å². The van der Waals surface area contributed by atoms with Crippen LogP contribution in [-0.4, -0.2) is 37.8 Å². The van der Waals surface area contributed by atoms with Crippen molar-refractivity contribution >= 4 is 22.7 Å².